The quantitative estimate of drug-likeness (QED) is 0.616. The Labute approximate surface area is 167 Å². The molecule has 0 aliphatic carbocycles. The van der Waals surface area contributed by atoms with Crippen molar-refractivity contribution in [1.82, 2.24) is 20.2 Å². The van der Waals surface area contributed by atoms with Gasteiger partial charge in [-0.1, -0.05) is 12.1 Å². The van der Waals surface area contributed by atoms with E-state index in [0.717, 1.165) is 16.8 Å². The fraction of sp³-hybridized carbons (Fsp3) is 0.150. The lowest BCUT2D eigenvalue weighted by Crippen LogP contribution is -2.09. The highest BCUT2D eigenvalue weighted by Gasteiger charge is 2.07. The van der Waals surface area contributed by atoms with Crippen molar-refractivity contribution >= 4 is 17.7 Å². The summed E-state index contributed by atoms with van der Waals surface area (Å²) >= 11 is 0. The number of nitrogens with one attached hydrogen (secondary N) is 1. The molecule has 1 heterocycles. The van der Waals surface area contributed by atoms with Crippen molar-refractivity contribution in [3.8, 4) is 23.3 Å². The number of carbonyl (C=O) groups is 1. The van der Waals surface area contributed by atoms with Gasteiger partial charge in [-0.3, -0.25) is 4.79 Å². The third kappa shape index (κ3) is 4.95. The summed E-state index contributed by atoms with van der Waals surface area (Å²) in [5, 5.41) is 22.6. The molecule has 0 unspecified atom stereocenters. The summed E-state index contributed by atoms with van der Waals surface area (Å²) in [4.78, 5) is 12.3. The van der Waals surface area contributed by atoms with Gasteiger partial charge in [-0.25, -0.2) is 4.68 Å². The highest BCUT2D eigenvalue weighted by molar-refractivity contribution is 6.02. The number of benzene rings is 2. The number of methoxy groups -OCH3 is 1. The van der Waals surface area contributed by atoms with E-state index < -0.39 is 0 Å². The number of nitrogens with zero attached hydrogens (tertiary/aromatic N) is 5. The number of hydrogen-bond donors (Lipinski definition) is 1. The second-order valence-corrected chi connectivity index (χ2v) is 5.94. The van der Waals surface area contributed by atoms with E-state index in [4.69, 9.17) is 14.7 Å². The van der Waals surface area contributed by atoms with Crippen LogP contribution < -0.4 is 14.8 Å². The van der Waals surface area contributed by atoms with Crippen molar-refractivity contribution in [2.24, 2.45) is 0 Å². The van der Waals surface area contributed by atoms with E-state index in [0.29, 0.717) is 17.2 Å². The smallest absolute Gasteiger partial charge is 0.248 e. The third-order valence-corrected chi connectivity index (χ3v) is 3.98. The molecule has 1 aromatic heterocycles. The summed E-state index contributed by atoms with van der Waals surface area (Å²) in [6.07, 6.45) is 4.56. The topological polar surface area (TPSA) is 115 Å². The first-order chi connectivity index (χ1) is 14.1. The molecule has 146 valence electrons. The van der Waals surface area contributed by atoms with Gasteiger partial charge in [0.25, 0.3) is 0 Å². The summed E-state index contributed by atoms with van der Waals surface area (Å²) in [6.45, 7) is 1.86. The van der Waals surface area contributed by atoms with Gasteiger partial charge in [0, 0.05) is 11.8 Å². The maximum atomic E-state index is 12.3. The Hall–Kier alpha value is -4.19. The molecule has 0 radical (unpaired) electrons. The van der Waals surface area contributed by atoms with Crippen LogP contribution in [0.5, 0.6) is 11.5 Å². The average molecular weight is 390 g/mol. The fourth-order valence-electron chi connectivity index (χ4n) is 2.58. The Bertz CT molecular complexity index is 1070. The molecule has 3 aromatic rings. The minimum absolute atomic E-state index is 0.0723. The molecule has 1 amide bonds. The zero-order chi connectivity index (χ0) is 20.6. The summed E-state index contributed by atoms with van der Waals surface area (Å²) in [5.74, 6) is 0.651. The van der Waals surface area contributed by atoms with E-state index in [9.17, 15) is 4.79 Å². The molecule has 0 aliphatic rings. The van der Waals surface area contributed by atoms with Gasteiger partial charge in [-0.2, -0.15) is 5.26 Å². The minimum atomic E-state index is -0.291. The van der Waals surface area contributed by atoms with E-state index in [-0.39, 0.29) is 12.5 Å². The molecular formula is C20H18N6O3. The maximum absolute atomic E-state index is 12.3. The van der Waals surface area contributed by atoms with Crippen LogP contribution in [-0.4, -0.2) is 39.8 Å². The van der Waals surface area contributed by atoms with Gasteiger partial charge in [0.2, 0.25) is 5.91 Å². The highest BCUT2D eigenvalue weighted by Crippen LogP contribution is 2.28. The number of aryl methyl sites for hydroxylation is 1. The molecule has 0 fully saturated rings. The summed E-state index contributed by atoms with van der Waals surface area (Å²) < 4.78 is 12.1. The highest BCUT2D eigenvalue weighted by atomic mass is 16.5. The first-order valence-electron chi connectivity index (χ1n) is 8.61. The molecule has 0 bridgehead atoms. The number of carbonyl (C=O) groups excluding carboxylic acids is 1. The number of hydrogen-bond acceptors (Lipinski definition) is 7. The Morgan fingerprint density at radius 1 is 1.28 bits per heavy atom. The molecule has 9 heteroatoms. The molecule has 9 nitrogen and oxygen atoms in total. The second-order valence-electron chi connectivity index (χ2n) is 5.94. The van der Waals surface area contributed by atoms with E-state index in [2.05, 4.69) is 20.8 Å². The van der Waals surface area contributed by atoms with Crippen LogP contribution in [0.4, 0.5) is 5.69 Å². The lowest BCUT2D eigenvalue weighted by molar-refractivity contribution is -0.111. The van der Waals surface area contributed by atoms with E-state index in [1.54, 1.807) is 36.4 Å². The van der Waals surface area contributed by atoms with Crippen LogP contribution in [0.1, 0.15) is 11.1 Å². The summed E-state index contributed by atoms with van der Waals surface area (Å²) in [7, 11) is 1.51. The van der Waals surface area contributed by atoms with Gasteiger partial charge in [-0.05, 0) is 58.8 Å². The Morgan fingerprint density at radius 2 is 2.14 bits per heavy atom. The van der Waals surface area contributed by atoms with Gasteiger partial charge in [0.15, 0.2) is 18.1 Å². The van der Waals surface area contributed by atoms with E-state index in [1.165, 1.54) is 24.2 Å². The van der Waals surface area contributed by atoms with Crippen molar-refractivity contribution in [1.29, 1.82) is 5.26 Å². The fourth-order valence-corrected chi connectivity index (χ4v) is 2.58. The SMILES string of the molecule is COc1cc(/C=C/C(=O)Nc2ccc(C)c(-n3cnnn3)c2)ccc1OCC#N. The number of tetrazole rings is 1. The molecule has 29 heavy (non-hydrogen) atoms. The van der Waals surface area contributed by atoms with Crippen LogP contribution in [0, 0.1) is 18.3 Å². The molecule has 0 saturated heterocycles. The van der Waals surface area contributed by atoms with Crippen molar-refractivity contribution in [3.63, 3.8) is 0 Å². The largest absolute Gasteiger partial charge is 0.493 e. The minimum Gasteiger partial charge on any atom is -0.493 e. The number of aromatic nitrogens is 4. The lowest BCUT2D eigenvalue weighted by atomic mass is 10.1. The Morgan fingerprint density at radius 3 is 2.86 bits per heavy atom. The first kappa shape index (κ1) is 19.6. The number of nitriles is 1. The molecule has 0 aliphatic heterocycles. The van der Waals surface area contributed by atoms with E-state index >= 15 is 0 Å². The van der Waals surface area contributed by atoms with Crippen molar-refractivity contribution in [2.75, 3.05) is 19.0 Å². The third-order valence-electron chi connectivity index (χ3n) is 3.98. The van der Waals surface area contributed by atoms with Gasteiger partial charge in [0.05, 0.1) is 12.8 Å². The zero-order valence-corrected chi connectivity index (χ0v) is 15.9. The van der Waals surface area contributed by atoms with Gasteiger partial charge in [0.1, 0.15) is 12.4 Å². The van der Waals surface area contributed by atoms with Crippen LogP contribution in [0.3, 0.4) is 0 Å². The standard InChI is InChI=1S/C20H18N6O3/c1-14-3-6-16(12-17(14)26-13-22-24-25-26)23-20(27)8-5-15-4-7-18(29-10-9-21)19(11-15)28-2/h3-8,11-13H,10H2,1-2H3,(H,23,27)/b8-5+. The van der Waals surface area contributed by atoms with Gasteiger partial charge in [-0.15, -0.1) is 5.10 Å². The first-order valence-corrected chi connectivity index (χ1v) is 8.61. The summed E-state index contributed by atoms with van der Waals surface area (Å²) in [6, 6.07) is 12.6. The molecule has 3 rings (SSSR count). The van der Waals surface area contributed by atoms with Crippen molar-refractivity contribution in [2.45, 2.75) is 6.92 Å². The van der Waals surface area contributed by atoms with Crippen molar-refractivity contribution in [3.05, 3.63) is 59.9 Å². The average Bonchev–Trinajstić information content (AvgIpc) is 3.27. The normalized spacial score (nSPS) is 10.5. The number of ether oxygens (including phenoxy) is 2. The molecule has 1 N–H and O–H groups in total. The molecular weight excluding hydrogens is 372 g/mol. The van der Waals surface area contributed by atoms with Crippen LogP contribution in [0.2, 0.25) is 0 Å². The number of anilines is 1. The van der Waals surface area contributed by atoms with Crippen LogP contribution in [0.25, 0.3) is 11.8 Å². The molecule has 0 atom stereocenters. The molecule has 0 spiro atoms. The number of rotatable bonds is 7. The molecule has 2 aromatic carbocycles. The van der Waals surface area contributed by atoms with Gasteiger partial charge >= 0.3 is 0 Å². The van der Waals surface area contributed by atoms with Gasteiger partial charge < -0.3 is 14.8 Å². The summed E-state index contributed by atoms with van der Waals surface area (Å²) in [5.41, 5.74) is 3.11. The maximum Gasteiger partial charge on any atom is 0.248 e. The van der Waals surface area contributed by atoms with E-state index in [1.807, 2.05) is 19.1 Å². The van der Waals surface area contributed by atoms with Crippen LogP contribution >= 0.6 is 0 Å². The predicted molar refractivity (Wildman–Crippen MR) is 106 cm³/mol. The Balaban J connectivity index is 1.70. The second kappa shape index (κ2) is 9.14. The predicted octanol–water partition coefficient (Wildman–Crippen LogP) is 2.53. The number of amides is 1. The monoisotopic (exact) mass is 390 g/mol. The van der Waals surface area contributed by atoms with Crippen LogP contribution in [-0.2, 0) is 4.79 Å². The molecule has 0 saturated carbocycles. The van der Waals surface area contributed by atoms with Crippen molar-refractivity contribution < 1.29 is 14.3 Å². The van der Waals surface area contributed by atoms with Crippen LogP contribution in [0.15, 0.2) is 48.8 Å². The lowest BCUT2D eigenvalue weighted by Gasteiger charge is -2.09. The zero-order valence-electron chi connectivity index (χ0n) is 15.9. The Kier molecular flexibility index (Phi) is 6.17.